The molecular weight excluding hydrogens is 624 g/mol. The Morgan fingerprint density at radius 2 is 1.65 bits per heavy atom. The van der Waals surface area contributed by atoms with Gasteiger partial charge in [-0.2, -0.15) is 0 Å². The fraction of sp³-hybridized carbons (Fsp3) is 0.0857. The Labute approximate surface area is 273 Å². The zero-order chi connectivity index (χ0) is 32.5. The number of anilines is 2. The van der Waals surface area contributed by atoms with Gasteiger partial charge in [-0.05, 0) is 73.7 Å². The van der Waals surface area contributed by atoms with E-state index in [0.717, 1.165) is 21.9 Å². The average molecular weight is 653 g/mol. The SMILES string of the molecule is COc1ccc(-c2csc(NC(=O)C(C)Sc3cccc(NC(=O)/C(=C/c4ccccc4F)NC(=O)c4ccccc4)c3)n2)cc1. The summed E-state index contributed by atoms with van der Waals surface area (Å²) in [6.07, 6.45) is 1.29. The Bertz CT molecular complexity index is 1880. The summed E-state index contributed by atoms with van der Waals surface area (Å²) in [5.74, 6) is -1.18. The first-order valence-electron chi connectivity index (χ1n) is 14.1. The van der Waals surface area contributed by atoms with Crippen molar-refractivity contribution in [1.29, 1.82) is 0 Å². The number of nitrogens with one attached hydrogen (secondary N) is 3. The molecule has 3 amide bonds. The average Bonchev–Trinajstić information content (AvgIpc) is 3.54. The van der Waals surface area contributed by atoms with Gasteiger partial charge < -0.3 is 20.7 Å². The molecule has 4 aromatic carbocycles. The van der Waals surface area contributed by atoms with E-state index in [0.29, 0.717) is 16.4 Å². The summed E-state index contributed by atoms with van der Waals surface area (Å²) in [4.78, 5) is 44.5. The topological polar surface area (TPSA) is 109 Å². The van der Waals surface area contributed by atoms with Crippen molar-refractivity contribution in [1.82, 2.24) is 10.3 Å². The number of thioether (sulfide) groups is 1. The predicted molar refractivity (Wildman–Crippen MR) is 181 cm³/mol. The van der Waals surface area contributed by atoms with Crippen LogP contribution in [0.1, 0.15) is 22.8 Å². The molecule has 0 saturated heterocycles. The first kappa shape index (κ1) is 32.1. The fourth-order valence-corrected chi connectivity index (χ4v) is 5.87. The van der Waals surface area contributed by atoms with E-state index in [2.05, 4.69) is 20.9 Å². The zero-order valence-corrected chi connectivity index (χ0v) is 26.5. The summed E-state index contributed by atoms with van der Waals surface area (Å²) in [6, 6.07) is 28.8. The van der Waals surface area contributed by atoms with Gasteiger partial charge in [0, 0.05) is 32.7 Å². The minimum absolute atomic E-state index is 0.137. The van der Waals surface area contributed by atoms with Crippen LogP contribution in [-0.4, -0.2) is 35.1 Å². The van der Waals surface area contributed by atoms with Crippen molar-refractivity contribution in [2.24, 2.45) is 0 Å². The Morgan fingerprint density at radius 3 is 2.39 bits per heavy atom. The zero-order valence-electron chi connectivity index (χ0n) is 24.8. The molecule has 3 N–H and O–H groups in total. The van der Waals surface area contributed by atoms with Crippen molar-refractivity contribution >= 4 is 57.7 Å². The second-order valence-corrected chi connectivity index (χ2v) is 12.2. The Morgan fingerprint density at radius 1 is 0.913 bits per heavy atom. The van der Waals surface area contributed by atoms with E-state index in [4.69, 9.17) is 4.74 Å². The smallest absolute Gasteiger partial charge is 0.272 e. The molecule has 0 saturated carbocycles. The van der Waals surface area contributed by atoms with E-state index in [-0.39, 0.29) is 17.2 Å². The lowest BCUT2D eigenvalue weighted by atomic mass is 10.1. The monoisotopic (exact) mass is 652 g/mol. The summed E-state index contributed by atoms with van der Waals surface area (Å²) < 4.78 is 19.7. The molecule has 0 aliphatic carbocycles. The molecule has 1 heterocycles. The maximum Gasteiger partial charge on any atom is 0.272 e. The third-order valence-electron chi connectivity index (χ3n) is 6.63. The quantitative estimate of drug-likeness (QED) is 0.101. The predicted octanol–water partition coefficient (Wildman–Crippen LogP) is 7.49. The summed E-state index contributed by atoms with van der Waals surface area (Å²) in [5, 5.41) is 10.1. The lowest BCUT2D eigenvalue weighted by molar-refractivity contribution is -0.115. The van der Waals surface area contributed by atoms with Crippen LogP contribution >= 0.6 is 23.1 Å². The van der Waals surface area contributed by atoms with Crippen LogP contribution in [0.2, 0.25) is 0 Å². The number of hydrogen-bond donors (Lipinski definition) is 3. The van der Waals surface area contributed by atoms with Crippen LogP contribution < -0.4 is 20.7 Å². The highest BCUT2D eigenvalue weighted by molar-refractivity contribution is 8.00. The van der Waals surface area contributed by atoms with Gasteiger partial charge >= 0.3 is 0 Å². The molecule has 0 fully saturated rings. The molecule has 5 rings (SSSR count). The number of nitrogens with zero attached hydrogens (tertiary/aromatic N) is 1. The highest BCUT2D eigenvalue weighted by Gasteiger charge is 2.19. The van der Waals surface area contributed by atoms with Crippen molar-refractivity contribution in [3.05, 3.63) is 131 Å². The molecule has 232 valence electrons. The standard InChI is InChI=1S/C35H29FN4O4S2/c1-22(32(41)40-35-39-31(21-45-35)23-15-17-27(44-2)18-16-23)46-28-13-8-12-26(20-28)37-34(43)30(19-25-11-6-7-14-29(25)36)38-33(42)24-9-4-3-5-10-24/h3-22H,1-2H3,(H,37,43)(H,38,42)(H,39,40,41)/b30-19-. The molecule has 5 aromatic rings. The number of carbonyl (C=O) groups is 3. The second kappa shape index (κ2) is 15.2. The molecule has 0 bridgehead atoms. The number of ether oxygens (including phenoxy) is 1. The molecule has 8 nitrogen and oxygen atoms in total. The van der Waals surface area contributed by atoms with E-state index in [1.165, 1.54) is 47.4 Å². The molecule has 0 aliphatic heterocycles. The van der Waals surface area contributed by atoms with E-state index >= 15 is 0 Å². The number of aromatic nitrogens is 1. The van der Waals surface area contributed by atoms with Crippen molar-refractivity contribution in [3.63, 3.8) is 0 Å². The molecule has 1 atom stereocenters. The number of hydrogen-bond acceptors (Lipinski definition) is 7. The number of carbonyl (C=O) groups excluding carboxylic acids is 3. The highest BCUT2D eigenvalue weighted by atomic mass is 32.2. The van der Waals surface area contributed by atoms with Gasteiger partial charge in [-0.1, -0.05) is 42.5 Å². The molecule has 11 heteroatoms. The summed E-state index contributed by atoms with van der Waals surface area (Å²) in [6.45, 7) is 1.78. The summed E-state index contributed by atoms with van der Waals surface area (Å²) in [5.41, 5.74) is 2.43. The number of benzene rings is 4. The molecule has 1 aromatic heterocycles. The normalized spacial score (nSPS) is 11.8. The van der Waals surface area contributed by atoms with Gasteiger partial charge in [0.1, 0.15) is 17.3 Å². The van der Waals surface area contributed by atoms with Crippen LogP contribution in [0.3, 0.4) is 0 Å². The Balaban J connectivity index is 1.25. The number of methoxy groups -OCH3 is 1. The van der Waals surface area contributed by atoms with E-state index < -0.39 is 22.9 Å². The van der Waals surface area contributed by atoms with Crippen molar-refractivity contribution in [3.8, 4) is 17.0 Å². The number of rotatable bonds is 11. The van der Waals surface area contributed by atoms with Crippen molar-refractivity contribution < 1.29 is 23.5 Å². The van der Waals surface area contributed by atoms with Gasteiger partial charge in [-0.25, -0.2) is 9.37 Å². The van der Waals surface area contributed by atoms with Crippen molar-refractivity contribution in [2.45, 2.75) is 17.1 Å². The lowest BCUT2D eigenvalue weighted by Crippen LogP contribution is -2.30. The van der Waals surface area contributed by atoms with Crippen LogP contribution in [0, 0.1) is 5.82 Å². The van der Waals surface area contributed by atoms with E-state index in [9.17, 15) is 18.8 Å². The minimum atomic E-state index is -0.642. The van der Waals surface area contributed by atoms with Gasteiger partial charge in [0.15, 0.2) is 5.13 Å². The molecule has 0 spiro atoms. The van der Waals surface area contributed by atoms with Crippen LogP contribution in [-0.2, 0) is 9.59 Å². The van der Waals surface area contributed by atoms with Gasteiger partial charge in [-0.15, -0.1) is 23.1 Å². The third-order valence-corrected chi connectivity index (χ3v) is 8.48. The van der Waals surface area contributed by atoms with Crippen LogP contribution in [0.5, 0.6) is 5.75 Å². The van der Waals surface area contributed by atoms with Gasteiger partial charge in [0.25, 0.3) is 11.8 Å². The minimum Gasteiger partial charge on any atom is -0.497 e. The maximum atomic E-state index is 14.5. The fourth-order valence-electron chi connectivity index (χ4n) is 4.23. The molecule has 46 heavy (non-hydrogen) atoms. The van der Waals surface area contributed by atoms with Crippen molar-refractivity contribution in [2.75, 3.05) is 17.7 Å². The largest absolute Gasteiger partial charge is 0.497 e. The molecule has 0 radical (unpaired) electrons. The summed E-state index contributed by atoms with van der Waals surface area (Å²) in [7, 11) is 1.61. The highest BCUT2D eigenvalue weighted by Crippen LogP contribution is 2.29. The van der Waals surface area contributed by atoms with E-state index in [1.54, 1.807) is 68.6 Å². The van der Waals surface area contributed by atoms with Gasteiger partial charge in [-0.3, -0.25) is 14.4 Å². The number of halogens is 1. The van der Waals surface area contributed by atoms with Crippen LogP contribution in [0.4, 0.5) is 15.2 Å². The summed E-state index contributed by atoms with van der Waals surface area (Å²) >= 11 is 2.64. The number of thiazole rings is 1. The lowest BCUT2D eigenvalue weighted by Gasteiger charge is -2.14. The molecule has 1 unspecified atom stereocenters. The number of amides is 3. The first-order chi connectivity index (χ1) is 22.3. The van der Waals surface area contributed by atoms with Gasteiger partial charge in [0.2, 0.25) is 5.91 Å². The van der Waals surface area contributed by atoms with E-state index in [1.807, 2.05) is 35.7 Å². The maximum absolute atomic E-state index is 14.5. The molecule has 0 aliphatic rings. The third kappa shape index (κ3) is 8.46. The second-order valence-electron chi connectivity index (χ2n) is 9.90. The Hall–Kier alpha value is -5.26. The molecular formula is C35H29FN4O4S2. The van der Waals surface area contributed by atoms with Crippen LogP contribution in [0.15, 0.2) is 119 Å². The van der Waals surface area contributed by atoms with Gasteiger partial charge in [0.05, 0.1) is 18.1 Å². The Kier molecular flexibility index (Phi) is 10.6. The first-order valence-corrected chi connectivity index (χ1v) is 15.9. The van der Waals surface area contributed by atoms with Crippen LogP contribution in [0.25, 0.3) is 17.3 Å².